The highest BCUT2D eigenvalue weighted by molar-refractivity contribution is 5.94. The summed E-state index contributed by atoms with van der Waals surface area (Å²) in [4.78, 5) is 13.9. The first-order valence-corrected chi connectivity index (χ1v) is 6.25. The Kier molecular flexibility index (Phi) is 4.01. The molecule has 2 N–H and O–H groups in total. The molecule has 1 fully saturated rings. The molecule has 0 saturated heterocycles. The molecule has 1 amide bonds. The first kappa shape index (κ1) is 12.7. The minimum absolute atomic E-state index is 0.0836. The van der Waals surface area contributed by atoms with Gasteiger partial charge in [-0.05, 0) is 43.0 Å². The zero-order valence-electron chi connectivity index (χ0n) is 10.6. The minimum atomic E-state index is 0.0836. The molecule has 1 aliphatic carbocycles. The van der Waals surface area contributed by atoms with Crippen LogP contribution in [0.5, 0.6) is 0 Å². The van der Waals surface area contributed by atoms with Gasteiger partial charge in [0.15, 0.2) is 0 Å². The van der Waals surface area contributed by atoms with Gasteiger partial charge in [-0.3, -0.25) is 4.79 Å². The van der Waals surface area contributed by atoms with E-state index in [0.29, 0.717) is 12.5 Å². The Bertz CT molecular complexity index is 477. The molecule has 1 aromatic carbocycles. The maximum atomic E-state index is 12.1. The topological polar surface area (TPSA) is 46.3 Å². The molecule has 0 radical (unpaired) electrons. The summed E-state index contributed by atoms with van der Waals surface area (Å²) < 4.78 is 0. The molecule has 3 heteroatoms. The van der Waals surface area contributed by atoms with Crippen LogP contribution in [0.2, 0.25) is 0 Å². The van der Waals surface area contributed by atoms with E-state index in [2.05, 4.69) is 11.8 Å². The fourth-order valence-corrected chi connectivity index (χ4v) is 1.84. The van der Waals surface area contributed by atoms with Gasteiger partial charge in [-0.1, -0.05) is 11.8 Å². The Morgan fingerprint density at radius 2 is 2.06 bits per heavy atom. The molecule has 1 aromatic rings. The van der Waals surface area contributed by atoms with Crippen LogP contribution < -0.4 is 5.73 Å². The number of hydrogen-bond donors (Lipinski definition) is 1. The Morgan fingerprint density at radius 1 is 1.39 bits per heavy atom. The second kappa shape index (κ2) is 5.70. The van der Waals surface area contributed by atoms with Gasteiger partial charge < -0.3 is 10.6 Å². The van der Waals surface area contributed by atoms with Crippen molar-refractivity contribution in [3.8, 4) is 11.8 Å². The third-order valence-electron chi connectivity index (χ3n) is 3.04. The predicted octanol–water partition coefficient (Wildman–Crippen LogP) is 1.48. The van der Waals surface area contributed by atoms with Gasteiger partial charge in [-0.2, -0.15) is 0 Å². The van der Waals surface area contributed by atoms with Crippen LogP contribution in [0.3, 0.4) is 0 Å². The molecule has 3 nitrogen and oxygen atoms in total. The smallest absolute Gasteiger partial charge is 0.253 e. The number of hydrogen-bond acceptors (Lipinski definition) is 2. The standard InChI is InChI=1S/C15H18N2O/c1-17(11-13-4-5-13)15(18)14-8-6-12(7-9-14)3-2-10-16/h6-9,13H,4-5,10-11,16H2,1H3. The normalized spacial score (nSPS) is 13.7. The molecule has 0 bridgehead atoms. The van der Waals surface area contributed by atoms with Gasteiger partial charge in [0.25, 0.3) is 5.91 Å². The van der Waals surface area contributed by atoms with Gasteiger partial charge in [0, 0.05) is 24.7 Å². The molecule has 0 heterocycles. The van der Waals surface area contributed by atoms with Crippen LogP contribution in [0.25, 0.3) is 0 Å². The van der Waals surface area contributed by atoms with Crippen molar-refractivity contribution in [3.63, 3.8) is 0 Å². The average molecular weight is 242 g/mol. The maximum absolute atomic E-state index is 12.1. The van der Waals surface area contributed by atoms with Crippen molar-refractivity contribution in [1.82, 2.24) is 4.90 Å². The summed E-state index contributed by atoms with van der Waals surface area (Å²) in [5.41, 5.74) is 6.92. The lowest BCUT2D eigenvalue weighted by molar-refractivity contribution is 0.0788. The molecular formula is C15H18N2O. The Morgan fingerprint density at radius 3 is 2.61 bits per heavy atom. The molecule has 1 aliphatic rings. The summed E-state index contributed by atoms with van der Waals surface area (Å²) in [6.07, 6.45) is 2.51. The first-order chi connectivity index (χ1) is 8.70. The third kappa shape index (κ3) is 3.35. The van der Waals surface area contributed by atoms with Crippen molar-refractivity contribution in [2.24, 2.45) is 11.7 Å². The van der Waals surface area contributed by atoms with Crippen molar-refractivity contribution in [3.05, 3.63) is 35.4 Å². The van der Waals surface area contributed by atoms with Crippen LogP contribution in [0.15, 0.2) is 24.3 Å². The van der Waals surface area contributed by atoms with E-state index in [-0.39, 0.29) is 5.91 Å². The molecule has 0 aliphatic heterocycles. The van der Waals surface area contributed by atoms with Crippen LogP contribution in [0.1, 0.15) is 28.8 Å². The van der Waals surface area contributed by atoms with E-state index in [1.165, 1.54) is 12.8 Å². The minimum Gasteiger partial charge on any atom is -0.341 e. The van der Waals surface area contributed by atoms with E-state index < -0.39 is 0 Å². The summed E-state index contributed by atoms with van der Waals surface area (Å²) in [6.45, 7) is 1.22. The number of carbonyl (C=O) groups excluding carboxylic acids is 1. The third-order valence-corrected chi connectivity index (χ3v) is 3.04. The Labute approximate surface area is 108 Å². The molecule has 0 spiro atoms. The molecule has 18 heavy (non-hydrogen) atoms. The largest absolute Gasteiger partial charge is 0.341 e. The van der Waals surface area contributed by atoms with E-state index in [0.717, 1.165) is 17.7 Å². The van der Waals surface area contributed by atoms with Crippen molar-refractivity contribution < 1.29 is 4.79 Å². The molecule has 1 saturated carbocycles. The summed E-state index contributed by atoms with van der Waals surface area (Å²) in [6, 6.07) is 7.38. The SMILES string of the molecule is CN(CC1CC1)C(=O)c1ccc(C#CCN)cc1. The molecule has 0 aromatic heterocycles. The average Bonchev–Trinajstić information content (AvgIpc) is 3.20. The number of amides is 1. The highest BCUT2D eigenvalue weighted by Gasteiger charge is 2.25. The van der Waals surface area contributed by atoms with Gasteiger partial charge >= 0.3 is 0 Å². The summed E-state index contributed by atoms with van der Waals surface area (Å²) in [5, 5.41) is 0. The number of rotatable bonds is 3. The van der Waals surface area contributed by atoms with Crippen LogP contribution in [0, 0.1) is 17.8 Å². The second-order valence-electron chi connectivity index (χ2n) is 4.71. The summed E-state index contributed by atoms with van der Waals surface area (Å²) >= 11 is 0. The molecular weight excluding hydrogens is 224 g/mol. The van der Waals surface area contributed by atoms with Gasteiger partial charge in [0.2, 0.25) is 0 Å². The highest BCUT2D eigenvalue weighted by atomic mass is 16.2. The zero-order chi connectivity index (χ0) is 13.0. The molecule has 2 rings (SSSR count). The van der Waals surface area contributed by atoms with Crippen LogP contribution in [-0.2, 0) is 0 Å². The molecule has 94 valence electrons. The van der Waals surface area contributed by atoms with Crippen molar-refractivity contribution in [2.45, 2.75) is 12.8 Å². The van der Waals surface area contributed by atoms with Crippen molar-refractivity contribution in [2.75, 3.05) is 20.1 Å². The van der Waals surface area contributed by atoms with E-state index in [9.17, 15) is 4.79 Å². The van der Waals surface area contributed by atoms with E-state index in [1.54, 1.807) is 4.90 Å². The number of nitrogens with two attached hydrogens (primary N) is 1. The van der Waals surface area contributed by atoms with E-state index >= 15 is 0 Å². The Balaban J connectivity index is 2.01. The van der Waals surface area contributed by atoms with Crippen molar-refractivity contribution >= 4 is 5.91 Å². The highest BCUT2D eigenvalue weighted by Crippen LogP contribution is 2.29. The fourth-order valence-electron chi connectivity index (χ4n) is 1.84. The van der Waals surface area contributed by atoms with Gasteiger partial charge in [-0.15, -0.1) is 0 Å². The predicted molar refractivity (Wildman–Crippen MR) is 72.1 cm³/mol. The first-order valence-electron chi connectivity index (χ1n) is 6.25. The van der Waals surface area contributed by atoms with E-state index in [4.69, 9.17) is 5.73 Å². The number of benzene rings is 1. The lowest BCUT2D eigenvalue weighted by atomic mass is 10.1. The summed E-state index contributed by atoms with van der Waals surface area (Å²) in [7, 11) is 1.86. The second-order valence-corrected chi connectivity index (χ2v) is 4.71. The zero-order valence-corrected chi connectivity index (χ0v) is 10.6. The quantitative estimate of drug-likeness (QED) is 0.816. The van der Waals surface area contributed by atoms with Gasteiger partial charge in [0.1, 0.15) is 0 Å². The maximum Gasteiger partial charge on any atom is 0.253 e. The van der Waals surface area contributed by atoms with Crippen LogP contribution in [-0.4, -0.2) is 30.9 Å². The van der Waals surface area contributed by atoms with Gasteiger partial charge in [0.05, 0.1) is 6.54 Å². The van der Waals surface area contributed by atoms with Crippen LogP contribution in [0.4, 0.5) is 0 Å². The lowest BCUT2D eigenvalue weighted by Crippen LogP contribution is -2.28. The van der Waals surface area contributed by atoms with Crippen LogP contribution >= 0.6 is 0 Å². The Hall–Kier alpha value is -1.79. The van der Waals surface area contributed by atoms with E-state index in [1.807, 2.05) is 31.3 Å². The monoisotopic (exact) mass is 242 g/mol. The summed E-state index contributed by atoms with van der Waals surface area (Å²) in [5.74, 6) is 6.53. The number of nitrogens with zero attached hydrogens (tertiary/aromatic N) is 1. The fraction of sp³-hybridized carbons (Fsp3) is 0.400. The molecule has 0 atom stereocenters. The van der Waals surface area contributed by atoms with Crippen molar-refractivity contribution in [1.29, 1.82) is 0 Å². The van der Waals surface area contributed by atoms with Gasteiger partial charge in [-0.25, -0.2) is 0 Å². The number of carbonyl (C=O) groups is 1. The molecule has 0 unspecified atom stereocenters. The lowest BCUT2D eigenvalue weighted by Gasteiger charge is -2.16.